The lowest BCUT2D eigenvalue weighted by molar-refractivity contribution is -0.155. The average Bonchev–Trinajstić information content (AvgIpc) is 2.38. The van der Waals surface area contributed by atoms with Gasteiger partial charge < -0.3 is 21.3 Å². The minimum absolute atomic E-state index is 0.107. The molecular formula is C16H34N2O4. The molecule has 0 bridgehead atoms. The van der Waals surface area contributed by atoms with Crippen LogP contribution in [0.1, 0.15) is 72.1 Å². The number of ether oxygens (including phenoxy) is 1. The third-order valence-corrected chi connectivity index (χ3v) is 2.60. The van der Waals surface area contributed by atoms with Crippen LogP contribution in [0.4, 0.5) is 0 Å². The van der Waals surface area contributed by atoms with Gasteiger partial charge in [0, 0.05) is 12.8 Å². The van der Waals surface area contributed by atoms with Crippen LogP contribution in [0.25, 0.3) is 0 Å². The van der Waals surface area contributed by atoms with E-state index in [2.05, 4.69) is 0 Å². The van der Waals surface area contributed by atoms with Crippen molar-refractivity contribution in [2.24, 2.45) is 11.5 Å². The summed E-state index contributed by atoms with van der Waals surface area (Å²) in [4.78, 5) is 21.1. The highest BCUT2D eigenvalue weighted by Gasteiger charge is 2.15. The molecule has 0 unspecified atom stereocenters. The predicted octanol–water partition coefficient (Wildman–Crippen LogP) is 2.44. The van der Waals surface area contributed by atoms with E-state index in [-0.39, 0.29) is 18.0 Å². The van der Waals surface area contributed by atoms with E-state index in [1.165, 1.54) is 0 Å². The zero-order chi connectivity index (χ0) is 17.4. The van der Waals surface area contributed by atoms with Crippen LogP contribution in [0.3, 0.4) is 0 Å². The van der Waals surface area contributed by atoms with Gasteiger partial charge in [-0.2, -0.15) is 0 Å². The molecule has 0 atom stereocenters. The first-order valence-electron chi connectivity index (χ1n) is 8.06. The molecule has 6 heteroatoms. The van der Waals surface area contributed by atoms with Crippen LogP contribution in [0, 0.1) is 0 Å². The second kappa shape index (κ2) is 14.8. The summed E-state index contributed by atoms with van der Waals surface area (Å²) < 4.78 is 5.15. The number of carbonyl (C=O) groups is 2. The summed E-state index contributed by atoms with van der Waals surface area (Å²) in [6.07, 6.45) is 6.30. The second-order valence-electron chi connectivity index (χ2n) is 6.18. The highest BCUT2D eigenvalue weighted by atomic mass is 16.6. The molecule has 132 valence electrons. The van der Waals surface area contributed by atoms with Crippen molar-refractivity contribution >= 4 is 11.9 Å². The summed E-state index contributed by atoms with van der Waals surface area (Å²) in [5.41, 5.74) is 10.2. The van der Waals surface area contributed by atoms with Crippen LogP contribution < -0.4 is 11.5 Å². The molecule has 22 heavy (non-hydrogen) atoms. The van der Waals surface area contributed by atoms with Gasteiger partial charge in [-0.3, -0.25) is 9.59 Å². The van der Waals surface area contributed by atoms with Crippen LogP contribution >= 0.6 is 0 Å². The topological polar surface area (TPSA) is 116 Å². The number of aliphatic carboxylic acids is 1. The molecule has 5 N–H and O–H groups in total. The van der Waals surface area contributed by atoms with Gasteiger partial charge in [0.15, 0.2) is 0 Å². The zero-order valence-electron chi connectivity index (χ0n) is 14.4. The summed E-state index contributed by atoms with van der Waals surface area (Å²) in [6.45, 7) is 7.01. The molecule has 0 aromatic carbocycles. The van der Waals surface area contributed by atoms with E-state index >= 15 is 0 Å². The Morgan fingerprint density at radius 2 is 1.32 bits per heavy atom. The summed E-state index contributed by atoms with van der Waals surface area (Å²) >= 11 is 0. The van der Waals surface area contributed by atoms with E-state index in [9.17, 15) is 9.59 Å². The molecular weight excluding hydrogens is 284 g/mol. The van der Waals surface area contributed by atoms with Gasteiger partial charge in [0.25, 0.3) is 0 Å². The first-order chi connectivity index (χ1) is 10.2. The Hall–Kier alpha value is -1.14. The van der Waals surface area contributed by atoms with Gasteiger partial charge in [-0.1, -0.05) is 12.8 Å². The molecule has 0 spiro atoms. The van der Waals surface area contributed by atoms with Crippen molar-refractivity contribution in [3.05, 3.63) is 0 Å². The van der Waals surface area contributed by atoms with Crippen LogP contribution in [-0.4, -0.2) is 35.7 Å². The van der Waals surface area contributed by atoms with Crippen molar-refractivity contribution in [1.82, 2.24) is 0 Å². The quantitative estimate of drug-likeness (QED) is 0.421. The SMILES string of the molecule is CC(C)(C)OC(=O)CCCCCN.NCCCCCC(=O)O. The summed E-state index contributed by atoms with van der Waals surface area (Å²) in [7, 11) is 0. The standard InChI is InChI=1S/C10H21NO2.C6H13NO2/c1-10(2,3)13-9(12)7-5-4-6-8-11;7-5-3-1-2-4-6(8)9/h4-8,11H2,1-3H3;1-5,7H2,(H,8,9). The predicted molar refractivity (Wildman–Crippen MR) is 88.5 cm³/mol. The maximum Gasteiger partial charge on any atom is 0.306 e. The van der Waals surface area contributed by atoms with E-state index in [1.807, 2.05) is 20.8 Å². The molecule has 6 nitrogen and oxygen atoms in total. The highest BCUT2D eigenvalue weighted by molar-refractivity contribution is 5.69. The normalized spacial score (nSPS) is 10.6. The van der Waals surface area contributed by atoms with Gasteiger partial charge >= 0.3 is 11.9 Å². The van der Waals surface area contributed by atoms with Gasteiger partial charge in [0.1, 0.15) is 5.60 Å². The number of nitrogens with two attached hydrogens (primary N) is 2. The number of carboxylic acid groups (broad SMARTS) is 1. The third-order valence-electron chi connectivity index (χ3n) is 2.60. The molecule has 0 aliphatic carbocycles. The van der Waals surface area contributed by atoms with Gasteiger partial charge in [0.2, 0.25) is 0 Å². The molecule has 0 aliphatic rings. The van der Waals surface area contributed by atoms with Crippen molar-refractivity contribution in [2.45, 2.75) is 77.7 Å². The number of esters is 1. The number of hydrogen-bond acceptors (Lipinski definition) is 5. The largest absolute Gasteiger partial charge is 0.481 e. The van der Waals surface area contributed by atoms with E-state index in [0.29, 0.717) is 19.5 Å². The first kappa shape index (κ1) is 23.1. The molecule has 0 fully saturated rings. The molecule has 0 saturated carbocycles. The van der Waals surface area contributed by atoms with Gasteiger partial charge in [-0.25, -0.2) is 0 Å². The number of hydrogen-bond donors (Lipinski definition) is 3. The van der Waals surface area contributed by atoms with Crippen LogP contribution in [-0.2, 0) is 14.3 Å². The van der Waals surface area contributed by atoms with Crippen molar-refractivity contribution in [1.29, 1.82) is 0 Å². The van der Waals surface area contributed by atoms with Gasteiger partial charge in [-0.15, -0.1) is 0 Å². The fraction of sp³-hybridized carbons (Fsp3) is 0.875. The molecule has 0 saturated heterocycles. The smallest absolute Gasteiger partial charge is 0.306 e. The Balaban J connectivity index is 0. The molecule has 0 aliphatic heterocycles. The lowest BCUT2D eigenvalue weighted by Gasteiger charge is -2.19. The third kappa shape index (κ3) is 23.9. The average molecular weight is 318 g/mol. The summed E-state index contributed by atoms with van der Waals surface area (Å²) in [5, 5.41) is 8.18. The zero-order valence-corrected chi connectivity index (χ0v) is 14.4. The minimum atomic E-state index is -0.716. The Morgan fingerprint density at radius 3 is 1.68 bits per heavy atom. The summed E-state index contributed by atoms with van der Waals surface area (Å²) in [5.74, 6) is -0.823. The number of unbranched alkanes of at least 4 members (excludes halogenated alkanes) is 4. The highest BCUT2D eigenvalue weighted by Crippen LogP contribution is 2.10. The molecule has 0 heterocycles. The van der Waals surface area contributed by atoms with E-state index in [0.717, 1.165) is 38.5 Å². The molecule has 0 aromatic heterocycles. The lowest BCUT2D eigenvalue weighted by atomic mass is 10.1. The van der Waals surface area contributed by atoms with Crippen molar-refractivity contribution in [2.75, 3.05) is 13.1 Å². The van der Waals surface area contributed by atoms with E-state index in [4.69, 9.17) is 21.3 Å². The number of rotatable bonds is 10. The molecule has 0 aromatic rings. The fourth-order valence-corrected chi connectivity index (χ4v) is 1.58. The minimum Gasteiger partial charge on any atom is -0.481 e. The Bertz CT molecular complexity index is 288. The number of carboxylic acids is 1. The van der Waals surface area contributed by atoms with Crippen LogP contribution in [0.5, 0.6) is 0 Å². The van der Waals surface area contributed by atoms with Gasteiger partial charge in [0.05, 0.1) is 0 Å². The monoisotopic (exact) mass is 318 g/mol. The van der Waals surface area contributed by atoms with Crippen molar-refractivity contribution in [3.8, 4) is 0 Å². The second-order valence-corrected chi connectivity index (χ2v) is 6.18. The Morgan fingerprint density at radius 1 is 0.864 bits per heavy atom. The van der Waals surface area contributed by atoms with Crippen LogP contribution in [0.2, 0.25) is 0 Å². The maximum atomic E-state index is 11.2. The Labute approximate surface area is 134 Å². The van der Waals surface area contributed by atoms with E-state index in [1.54, 1.807) is 0 Å². The lowest BCUT2D eigenvalue weighted by Crippen LogP contribution is -2.23. The van der Waals surface area contributed by atoms with Crippen molar-refractivity contribution in [3.63, 3.8) is 0 Å². The molecule has 0 rings (SSSR count). The van der Waals surface area contributed by atoms with Crippen LogP contribution in [0.15, 0.2) is 0 Å². The Kier molecular flexibility index (Phi) is 15.5. The van der Waals surface area contributed by atoms with Gasteiger partial charge in [-0.05, 0) is 59.5 Å². The first-order valence-corrected chi connectivity index (χ1v) is 8.06. The maximum absolute atomic E-state index is 11.2. The molecule has 0 amide bonds. The van der Waals surface area contributed by atoms with Crippen molar-refractivity contribution < 1.29 is 19.4 Å². The summed E-state index contributed by atoms with van der Waals surface area (Å²) in [6, 6.07) is 0. The van der Waals surface area contributed by atoms with E-state index < -0.39 is 5.97 Å². The fourth-order valence-electron chi connectivity index (χ4n) is 1.58. The molecule has 0 radical (unpaired) electrons. The number of carbonyl (C=O) groups excluding carboxylic acids is 1.